The number of para-hydroxylation sites is 1. The molecule has 3 aromatic rings. The van der Waals surface area contributed by atoms with Crippen LogP contribution in [0.3, 0.4) is 0 Å². The molecule has 2 aromatic carbocycles. The molecule has 4 heteroatoms. The van der Waals surface area contributed by atoms with Crippen LogP contribution in [-0.2, 0) is 0 Å². The highest BCUT2D eigenvalue weighted by Crippen LogP contribution is 2.34. The summed E-state index contributed by atoms with van der Waals surface area (Å²) in [5, 5.41) is 21.7. The maximum atomic E-state index is 10.2. The number of rotatable bonds is 3. The summed E-state index contributed by atoms with van der Waals surface area (Å²) in [5.41, 5.74) is 1.15. The second kappa shape index (κ2) is 5.29. The average Bonchev–Trinajstić information content (AvgIpc) is 2.92. The molecule has 3 nitrogen and oxygen atoms in total. The van der Waals surface area contributed by atoms with Crippen molar-refractivity contribution in [2.75, 3.05) is 0 Å². The highest BCUT2D eigenvalue weighted by atomic mass is 35.5. The zero-order chi connectivity index (χ0) is 14.1. The lowest BCUT2D eigenvalue weighted by Gasteiger charge is -2.15. The van der Waals surface area contributed by atoms with Crippen molar-refractivity contribution in [3.63, 3.8) is 0 Å². The average molecular weight is 289 g/mol. The van der Waals surface area contributed by atoms with E-state index in [4.69, 9.17) is 16.0 Å². The van der Waals surface area contributed by atoms with Crippen LogP contribution >= 0.6 is 11.6 Å². The monoisotopic (exact) mass is 288 g/mol. The summed E-state index contributed by atoms with van der Waals surface area (Å²) in [7, 11) is 0. The van der Waals surface area contributed by atoms with E-state index >= 15 is 0 Å². The van der Waals surface area contributed by atoms with Crippen LogP contribution in [0.5, 0.6) is 0 Å². The van der Waals surface area contributed by atoms with Gasteiger partial charge < -0.3 is 14.6 Å². The predicted octanol–water partition coefficient (Wildman–Crippen LogP) is 3.85. The van der Waals surface area contributed by atoms with Gasteiger partial charge in [0.1, 0.15) is 18.0 Å². The first-order valence-electron chi connectivity index (χ1n) is 6.26. The van der Waals surface area contributed by atoms with E-state index in [-0.39, 0.29) is 0 Å². The Kier molecular flexibility index (Phi) is 3.49. The minimum atomic E-state index is -1.14. The van der Waals surface area contributed by atoms with Crippen molar-refractivity contribution in [2.45, 2.75) is 12.2 Å². The Bertz CT molecular complexity index is 721. The molecule has 1 aromatic heterocycles. The van der Waals surface area contributed by atoms with Gasteiger partial charge in [0.05, 0.1) is 5.02 Å². The van der Waals surface area contributed by atoms with Crippen molar-refractivity contribution in [1.29, 1.82) is 0 Å². The van der Waals surface area contributed by atoms with Crippen molar-refractivity contribution in [3.05, 3.63) is 70.9 Å². The Balaban J connectivity index is 1.96. The molecule has 0 amide bonds. The third-order valence-corrected chi connectivity index (χ3v) is 3.54. The first-order valence-corrected chi connectivity index (χ1v) is 6.63. The number of aliphatic hydroxyl groups is 2. The summed E-state index contributed by atoms with van der Waals surface area (Å²) in [6.07, 6.45) is -2.18. The van der Waals surface area contributed by atoms with Crippen LogP contribution in [0, 0.1) is 0 Å². The quantitative estimate of drug-likeness (QED) is 0.769. The molecular weight excluding hydrogens is 276 g/mol. The van der Waals surface area contributed by atoms with Crippen LogP contribution in [0.4, 0.5) is 0 Å². The van der Waals surface area contributed by atoms with Gasteiger partial charge in [-0.05, 0) is 17.7 Å². The molecular formula is C16H13ClO3. The number of benzene rings is 2. The Morgan fingerprint density at radius 3 is 2.35 bits per heavy atom. The molecule has 2 N–H and O–H groups in total. The number of hydrogen-bond acceptors (Lipinski definition) is 3. The molecule has 1 heterocycles. The molecule has 0 aliphatic rings. The van der Waals surface area contributed by atoms with Crippen LogP contribution in [0.25, 0.3) is 11.0 Å². The lowest BCUT2D eigenvalue weighted by atomic mass is 10.0. The number of aliphatic hydroxyl groups excluding tert-OH is 2. The van der Waals surface area contributed by atoms with E-state index in [1.807, 2.05) is 18.2 Å². The third-order valence-electron chi connectivity index (χ3n) is 3.25. The van der Waals surface area contributed by atoms with Gasteiger partial charge in [0.25, 0.3) is 0 Å². The van der Waals surface area contributed by atoms with Gasteiger partial charge in [-0.2, -0.15) is 0 Å². The summed E-state index contributed by atoms with van der Waals surface area (Å²) >= 11 is 6.03. The normalized spacial score (nSPS) is 14.3. The smallest absolute Gasteiger partial charge is 0.152 e. The summed E-state index contributed by atoms with van der Waals surface area (Å²) < 4.78 is 5.56. The molecule has 2 atom stereocenters. The minimum absolute atomic E-state index is 0.296. The molecule has 0 spiro atoms. The topological polar surface area (TPSA) is 53.6 Å². The Morgan fingerprint density at radius 2 is 1.65 bits per heavy atom. The zero-order valence-electron chi connectivity index (χ0n) is 10.5. The van der Waals surface area contributed by atoms with Gasteiger partial charge in [-0.3, -0.25) is 0 Å². The maximum absolute atomic E-state index is 10.2. The van der Waals surface area contributed by atoms with Crippen molar-refractivity contribution in [1.82, 2.24) is 0 Å². The van der Waals surface area contributed by atoms with Gasteiger partial charge in [-0.1, -0.05) is 54.1 Å². The summed E-state index contributed by atoms with van der Waals surface area (Å²) in [6.45, 7) is 0. The van der Waals surface area contributed by atoms with E-state index in [2.05, 4.69) is 0 Å². The van der Waals surface area contributed by atoms with Gasteiger partial charge in [0.15, 0.2) is 5.58 Å². The van der Waals surface area contributed by atoms with Crippen LogP contribution < -0.4 is 0 Å². The third kappa shape index (κ3) is 2.31. The van der Waals surface area contributed by atoms with Crippen molar-refractivity contribution < 1.29 is 14.6 Å². The Labute approximate surface area is 121 Å². The summed E-state index contributed by atoms with van der Waals surface area (Å²) in [4.78, 5) is 0. The molecule has 0 aliphatic carbocycles. The van der Waals surface area contributed by atoms with Crippen molar-refractivity contribution in [2.24, 2.45) is 0 Å². The van der Waals surface area contributed by atoms with Crippen LogP contribution in [0.2, 0.25) is 5.02 Å². The Morgan fingerprint density at radius 1 is 0.900 bits per heavy atom. The SMILES string of the molecule is OC(c1ccccc1)C(O)c1cc2cccc(Cl)c2o1. The van der Waals surface area contributed by atoms with E-state index < -0.39 is 12.2 Å². The fraction of sp³-hybridized carbons (Fsp3) is 0.125. The van der Waals surface area contributed by atoms with E-state index in [1.54, 1.807) is 36.4 Å². The largest absolute Gasteiger partial charge is 0.457 e. The minimum Gasteiger partial charge on any atom is -0.457 e. The molecule has 0 aliphatic heterocycles. The molecule has 0 saturated heterocycles. The molecule has 102 valence electrons. The van der Waals surface area contributed by atoms with E-state index in [0.29, 0.717) is 21.9 Å². The van der Waals surface area contributed by atoms with Crippen molar-refractivity contribution >= 4 is 22.6 Å². The van der Waals surface area contributed by atoms with Crippen LogP contribution in [0.15, 0.2) is 59.0 Å². The van der Waals surface area contributed by atoms with Gasteiger partial charge in [-0.15, -0.1) is 0 Å². The first kappa shape index (κ1) is 13.2. The van der Waals surface area contributed by atoms with E-state index in [1.165, 1.54) is 0 Å². The number of fused-ring (bicyclic) bond motifs is 1. The second-order valence-electron chi connectivity index (χ2n) is 4.61. The van der Waals surface area contributed by atoms with Gasteiger partial charge in [-0.25, -0.2) is 0 Å². The molecule has 3 rings (SSSR count). The van der Waals surface area contributed by atoms with E-state index in [0.717, 1.165) is 5.39 Å². The number of halogens is 1. The molecule has 0 saturated carbocycles. The highest BCUT2D eigenvalue weighted by molar-refractivity contribution is 6.34. The Hall–Kier alpha value is -1.81. The maximum Gasteiger partial charge on any atom is 0.152 e. The lowest BCUT2D eigenvalue weighted by Crippen LogP contribution is -2.09. The fourth-order valence-electron chi connectivity index (χ4n) is 2.18. The van der Waals surface area contributed by atoms with Gasteiger partial charge in [0, 0.05) is 5.39 Å². The number of hydrogen-bond donors (Lipinski definition) is 2. The fourth-order valence-corrected chi connectivity index (χ4v) is 2.40. The molecule has 0 bridgehead atoms. The zero-order valence-corrected chi connectivity index (χ0v) is 11.3. The molecule has 2 unspecified atom stereocenters. The van der Waals surface area contributed by atoms with Gasteiger partial charge >= 0.3 is 0 Å². The molecule has 20 heavy (non-hydrogen) atoms. The second-order valence-corrected chi connectivity index (χ2v) is 5.01. The number of furan rings is 1. The molecule has 0 fully saturated rings. The summed E-state index contributed by atoms with van der Waals surface area (Å²) in [5.74, 6) is 0.296. The van der Waals surface area contributed by atoms with Gasteiger partial charge in [0.2, 0.25) is 0 Å². The summed E-state index contributed by atoms with van der Waals surface area (Å²) in [6, 6.07) is 16.0. The van der Waals surface area contributed by atoms with Crippen molar-refractivity contribution in [3.8, 4) is 0 Å². The first-order chi connectivity index (χ1) is 9.66. The van der Waals surface area contributed by atoms with Crippen LogP contribution in [-0.4, -0.2) is 10.2 Å². The van der Waals surface area contributed by atoms with E-state index in [9.17, 15) is 10.2 Å². The van der Waals surface area contributed by atoms with Crippen LogP contribution in [0.1, 0.15) is 23.5 Å². The standard InChI is InChI=1S/C16H13ClO3/c17-12-8-4-7-11-9-13(20-16(11)12)15(19)14(18)10-5-2-1-3-6-10/h1-9,14-15,18-19H. The highest BCUT2D eigenvalue weighted by Gasteiger charge is 2.23. The predicted molar refractivity (Wildman–Crippen MR) is 77.6 cm³/mol. The lowest BCUT2D eigenvalue weighted by molar-refractivity contribution is 0.00506. The molecule has 0 radical (unpaired) electrons.